The van der Waals surface area contributed by atoms with Crippen LogP contribution in [0.3, 0.4) is 0 Å². The number of hydrogen-bond acceptors (Lipinski definition) is 3. The second-order valence-electron chi connectivity index (χ2n) is 4.26. The normalized spacial score (nSPS) is 10.9. The lowest BCUT2D eigenvalue weighted by atomic mass is 10.2. The Kier molecular flexibility index (Phi) is 3.63. The largest absolute Gasteiger partial charge is 0.398 e. The zero-order valence-electron chi connectivity index (χ0n) is 10.3. The third kappa shape index (κ3) is 2.64. The Morgan fingerprint density at radius 2 is 2.00 bits per heavy atom. The first kappa shape index (κ1) is 13.4. The van der Waals surface area contributed by atoms with E-state index in [1.165, 1.54) is 23.9 Å². The van der Waals surface area contributed by atoms with Crippen LogP contribution in [-0.4, -0.2) is 4.98 Å². The van der Waals surface area contributed by atoms with Gasteiger partial charge < -0.3 is 5.73 Å². The van der Waals surface area contributed by atoms with E-state index in [0.717, 1.165) is 25.2 Å². The number of nitrogens with two attached hydrogens (primary N) is 1. The van der Waals surface area contributed by atoms with E-state index in [9.17, 15) is 4.39 Å². The van der Waals surface area contributed by atoms with Crippen molar-refractivity contribution in [3.05, 3.63) is 59.0 Å². The van der Waals surface area contributed by atoms with Gasteiger partial charge in [-0.15, -0.1) is 0 Å². The molecule has 100 valence electrons. The Balaban J connectivity index is 2.10. The van der Waals surface area contributed by atoms with Crippen molar-refractivity contribution in [1.29, 1.82) is 0 Å². The molecule has 0 aliphatic heterocycles. The molecule has 0 radical (unpaired) electrons. The third-order valence-electron chi connectivity index (χ3n) is 2.84. The minimum Gasteiger partial charge on any atom is -0.398 e. The highest BCUT2D eigenvalue weighted by Crippen LogP contribution is 2.35. The molecule has 2 nitrogen and oxygen atoms in total. The Hall–Kier alpha value is -1.59. The summed E-state index contributed by atoms with van der Waals surface area (Å²) < 4.78 is 14.1. The van der Waals surface area contributed by atoms with Gasteiger partial charge in [0, 0.05) is 31.5 Å². The molecule has 2 N–H and O–H groups in total. The predicted molar refractivity (Wildman–Crippen MR) is 84.4 cm³/mol. The number of fused-ring (bicyclic) bond motifs is 1. The summed E-state index contributed by atoms with van der Waals surface area (Å²) >= 11 is 4.87. The lowest BCUT2D eigenvalue weighted by Crippen LogP contribution is -1.90. The van der Waals surface area contributed by atoms with Crippen molar-refractivity contribution >= 4 is 44.3 Å². The molecule has 0 amide bonds. The van der Waals surface area contributed by atoms with Crippen LogP contribution in [0, 0.1) is 5.82 Å². The van der Waals surface area contributed by atoms with Gasteiger partial charge in [-0.3, -0.25) is 4.98 Å². The summed E-state index contributed by atoms with van der Waals surface area (Å²) in [6.07, 6.45) is 1.73. The summed E-state index contributed by atoms with van der Waals surface area (Å²) in [5.74, 6) is -0.245. The Bertz CT molecular complexity index is 792. The van der Waals surface area contributed by atoms with Gasteiger partial charge >= 0.3 is 0 Å². The van der Waals surface area contributed by atoms with Crippen molar-refractivity contribution < 1.29 is 4.39 Å². The van der Waals surface area contributed by atoms with Gasteiger partial charge in [0.25, 0.3) is 0 Å². The van der Waals surface area contributed by atoms with E-state index >= 15 is 0 Å². The van der Waals surface area contributed by atoms with Crippen LogP contribution in [0.15, 0.2) is 62.9 Å². The van der Waals surface area contributed by atoms with E-state index in [2.05, 4.69) is 20.9 Å². The van der Waals surface area contributed by atoms with E-state index in [4.69, 9.17) is 5.73 Å². The summed E-state index contributed by atoms with van der Waals surface area (Å²) in [7, 11) is 0. The van der Waals surface area contributed by atoms with Crippen LogP contribution in [0.4, 0.5) is 10.1 Å². The molecule has 0 aliphatic rings. The molecule has 0 bridgehead atoms. The lowest BCUT2D eigenvalue weighted by Gasteiger charge is -2.08. The first-order valence-corrected chi connectivity index (χ1v) is 7.51. The number of pyridine rings is 1. The van der Waals surface area contributed by atoms with Crippen molar-refractivity contribution in [2.24, 2.45) is 0 Å². The van der Waals surface area contributed by atoms with Gasteiger partial charge in [-0.25, -0.2) is 4.39 Å². The summed E-state index contributed by atoms with van der Waals surface area (Å²) in [4.78, 5) is 6.20. The van der Waals surface area contributed by atoms with Gasteiger partial charge in [-0.05, 0) is 52.3 Å². The minimum absolute atomic E-state index is 0.245. The highest BCUT2D eigenvalue weighted by Gasteiger charge is 2.08. The van der Waals surface area contributed by atoms with Crippen LogP contribution < -0.4 is 5.73 Å². The molecule has 3 aromatic rings. The molecule has 3 rings (SSSR count). The number of rotatable bonds is 2. The number of halogens is 2. The van der Waals surface area contributed by atoms with E-state index in [1.54, 1.807) is 12.3 Å². The zero-order valence-corrected chi connectivity index (χ0v) is 12.7. The van der Waals surface area contributed by atoms with Crippen LogP contribution in [0.5, 0.6) is 0 Å². The molecule has 2 aromatic carbocycles. The minimum atomic E-state index is -0.245. The van der Waals surface area contributed by atoms with Gasteiger partial charge in [0.05, 0.1) is 5.52 Å². The molecular formula is C15H10BrFN2S. The molecule has 1 aromatic heterocycles. The maximum atomic E-state index is 13.2. The standard InChI is InChI=1S/C15H10BrFN2S/c16-9-6-12-13(18)4-5-14(15(12)19-8-9)20-11-3-1-2-10(17)7-11/h1-8H,18H2. The van der Waals surface area contributed by atoms with E-state index in [0.29, 0.717) is 5.69 Å². The van der Waals surface area contributed by atoms with Gasteiger partial charge in [0.15, 0.2) is 0 Å². The molecule has 0 spiro atoms. The number of anilines is 1. The highest BCUT2D eigenvalue weighted by molar-refractivity contribution is 9.10. The van der Waals surface area contributed by atoms with Crippen molar-refractivity contribution in [2.75, 3.05) is 5.73 Å². The molecule has 0 unspecified atom stereocenters. The Morgan fingerprint density at radius 3 is 2.80 bits per heavy atom. The van der Waals surface area contributed by atoms with Crippen molar-refractivity contribution in [1.82, 2.24) is 4.98 Å². The Labute approximate surface area is 128 Å². The first-order valence-electron chi connectivity index (χ1n) is 5.90. The zero-order chi connectivity index (χ0) is 14.1. The number of hydrogen-bond donors (Lipinski definition) is 1. The fraction of sp³-hybridized carbons (Fsp3) is 0. The fourth-order valence-corrected chi connectivity index (χ4v) is 3.23. The maximum absolute atomic E-state index is 13.2. The number of nitrogens with zero attached hydrogens (tertiary/aromatic N) is 1. The number of benzene rings is 2. The molecule has 0 saturated heterocycles. The molecule has 20 heavy (non-hydrogen) atoms. The summed E-state index contributed by atoms with van der Waals surface area (Å²) in [5.41, 5.74) is 7.48. The van der Waals surface area contributed by atoms with Crippen molar-refractivity contribution in [2.45, 2.75) is 9.79 Å². The average Bonchev–Trinajstić information content (AvgIpc) is 2.42. The first-order chi connectivity index (χ1) is 9.63. The maximum Gasteiger partial charge on any atom is 0.124 e. The van der Waals surface area contributed by atoms with Crippen molar-refractivity contribution in [3.63, 3.8) is 0 Å². The molecule has 0 atom stereocenters. The molecule has 1 heterocycles. The molecular weight excluding hydrogens is 339 g/mol. The monoisotopic (exact) mass is 348 g/mol. The summed E-state index contributed by atoms with van der Waals surface area (Å²) in [5, 5.41) is 0.890. The second kappa shape index (κ2) is 5.42. The SMILES string of the molecule is Nc1ccc(Sc2cccc(F)c2)c2ncc(Br)cc12. The van der Waals surface area contributed by atoms with Gasteiger partial charge in [0.1, 0.15) is 5.82 Å². The molecule has 0 fully saturated rings. The molecule has 0 aliphatic carbocycles. The van der Waals surface area contributed by atoms with E-state index in [-0.39, 0.29) is 5.82 Å². The smallest absolute Gasteiger partial charge is 0.124 e. The van der Waals surface area contributed by atoms with Crippen molar-refractivity contribution in [3.8, 4) is 0 Å². The van der Waals surface area contributed by atoms with Crippen LogP contribution in [0.25, 0.3) is 10.9 Å². The van der Waals surface area contributed by atoms with E-state index in [1.807, 2.05) is 24.3 Å². The van der Waals surface area contributed by atoms with Crippen LogP contribution in [-0.2, 0) is 0 Å². The second-order valence-corrected chi connectivity index (χ2v) is 6.29. The lowest BCUT2D eigenvalue weighted by molar-refractivity contribution is 0.624. The van der Waals surface area contributed by atoms with Gasteiger partial charge in [-0.2, -0.15) is 0 Å². The summed E-state index contributed by atoms with van der Waals surface area (Å²) in [6.45, 7) is 0. The number of nitrogen functional groups attached to an aromatic ring is 1. The molecule has 0 saturated carbocycles. The van der Waals surface area contributed by atoms with Gasteiger partial charge in [-0.1, -0.05) is 17.8 Å². The Morgan fingerprint density at radius 1 is 1.15 bits per heavy atom. The predicted octanol–water partition coefficient (Wildman–Crippen LogP) is 4.87. The van der Waals surface area contributed by atoms with Crippen LogP contribution >= 0.6 is 27.7 Å². The van der Waals surface area contributed by atoms with Gasteiger partial charge in [0.2, 0.25) is 0 Å². The quantitative estimate of drug-likeness (QED) is 0.671. The average molecular weight is 349 g/mol. The fourth-order valence-electron chi connectivity index (χ4n) is 1.93. The number of aromatic nitrogens is 1. The van der Waals surface area contributed by atoms with E-state index < -0.39 is 0 Å². The highest BCUT2D eigenvalue weighted by atomic mass is 79.9. The van der Waals surface area contributed by atoms with Crippen LogP contribution in [0.2, 0.25) is 0 Å². The van der Waals surface area contributed by atoms with Crippen LogP contribution in [0.1, 0.15) is 0 Å². The topological polar surface area (TPSA) is 38.9 Å². The summed E-state index contributed by atoms with van der Waals surface area (Å²) in [6, 6.07) is 12.2. The molecule has 5 heteroatoms. The third-order valence-corrected chi connectivity index (χ3v) is 4.31.